The lowest BCUT2D eigenvalue weighted by molar-refractivity contribution is -0.0504. The first-order valence-electron chi connectivity index (χ1n) is 11.5. The van der Waals surface area contributed by atoms with E-state index in [1.807, 2.05) is 6.08 Å². The third-order valence-corrected chi connectivity index (χ3v) is 6.49. The molecule has 2 aliphatic rings. The quantitative estimate of drug-likeness (QED) is 0.357. The molecule has 0 aliphatic carbocycles. The third kappa shape index (κ3) is 7.68. The van der Waals surface area contributed by atoms with Gasteiger partial charge in [0.1, 0.15) is 0 Å². The Morgan fingerprint density at radius 3 is 2.70 bits per heavy atom. The van der Waals surface area contributed by atoms with Crippen molar-refractivity contribution in [2.24, 2.45) is 11.8 Å². The van der Waals surface area contributed by atoms with E-state index in [9.17, 15) is 5.11 Å². The van der Waals surface area contributed by atoms with Crippen LogP contribution in [0, 0.1) is 18.8 Å². The topological polar surface area (TPSA) is 49.7 Å². The molecule has 30 heavy (non-hydrogen) atoms. The molecule has 1 aromatic rings. The van der Waals surface area contributed by atoms with Crippen LogP contribution in [-0.4, -0.2) is 35.1 Å². The number of aliphatic hydroxyl groups is 2. The minimum atomic E-state index is -0.383. The highest BCUT2D eigenvalue weighted by molar-refractivity contribution is 5.21. The highest BCUT2D eigenvalue weighted by Gasteiger charge is 2.41. The van der Waals surface area contributed by atoms with Gasteiger partial charge >= 0.3 is 0 Å². The molecular formula is C27H42O3. The van der Waals surface area contributed by atoms with Crippen LogP contribution in [0.1, 0.15) is 69.9 Å². The standard InChI is InChI=1S/C26H38O3.CH4/c1-20-8-10-21(11-9-20)12-14-23(28)15-13-22-19-24-16-17-26(29-24)25(22)7-5-3-2-4-6-18-27;/h3,5,8-11,13,15,22-28H,2,4,6-7,12,14,16-19H2,1H3;1H4/b5-3-,15-13+;/t22?,23-,24+,25+,26+;/m0./s1. The summed E-state index contributed by atoms with van der Waals surface area (Å²) in [4.78, 5) is 0. The SMILES string of the molecule is C.Cc1ccc(CC[C@H](O)/C=C/C2C[C@H]3CC[C@@H](O3)[C@@H]2C/C=C\CCCCO)cc1. The fraction of sp³-hybridized carbons (Fsp3) is 0.630. The number of aliphatic hydroxyl groups excluding tert-OH is 2. The Morgan fingerprint density at radius 2 is 1.93 bits per heavy atom. The van der Waals surface area contributed by atoms with Gasteiger partial charge in [-0.1, -0.05) is 61.6 Å². The first kappa shape index (κ1) is 24.8. The molecule has 3 heteroatoms. The van der Waals surface area contributed by atoms with Crippen molar-refractivity contribution in [2.75, 3.05) is 6.61 Å². The van der Waals surface area contributed by atoms with Gasteiger partial charge in [-0.05, 0) is 82.1 Å². The van der Waals surface area contributed by atoms with Crippen LogP contribution in [0.3, 0.4) is 0 Å². The van der Waals surface area contributed by atoms with Crippen LogP contribution in [0.4, 0.5) is 0 Å². The molecule has 0 amide bonds. The van der Waals surface area contributed by atoms with E-state index in [-0.39, 0.29) is 20.1 Å². The summed E-state index contributed by atoms with van der Waals surface area (Å²) in [5, 5.41) is 19.4. The molecule has 0 spiro atoms. The Labute approximate surface area is 183 Å². The van der Waals surface area contributed by atoms with Gasteiger partial charge in [0, 0.05) is 6.61 Å². The van der Waals surface area contributed by atoms with Crippen LogP contribution < -0.4 is 0 Å². The smallest absolute Gasteiger partial charge is 0.0724 e. The summed E-state index contributed by atoms with van der Waals surface area (Å²) in [5.74, 6) is 1.01. The van der Waals surface area contributed by atoms with E-state index < -0.39 is 0 Å². The van der Waals surface area contributed by atoms with E-state index in [2.05, 4.69) is 49.4 Å². The number of fused-ring (bicyclic) bond motifs is 2. The van der Waals surface area contributed by atoms with Gasteiger partial charge in [0.15, 0.2) is 0 Å². The second-order valence-electron chi connectivity index (χ2n) is 8.84. The van der Waals surface area contributed by atoms with Gasteiger partial charge in [0.25, 0.3) is 0 Å². The Hall–Kier alpha value is -1.42. The average Bonchev–Trinajstić information content (AvgIpc) is 3.12. The van der Waals surface area contributed by atoms with E-state index in [0.717, 1.165) is 44.9 Å². The number of benzene rings is 1. The van der Waals surface area contributed by atoms with Gasteiger partial charge < -0.3 is 14.9 Å². The van der Waals surface area contributed by atoms with E-state index >= 15 is 0 Å². The van der Waals surface area contributed by atoms with Gasteiger partial charge in [-0.3, -0.25) is 0 Å². The van der Waals surface area contributed by atoms with E-state index in [1.54, 1.807) is 0 Å². The lowest BCUT2D eigenvalue weighted by Gasteiger charge is -2.35. The third-order valence-electron chi connectivity index (χ3n) is 6.49. The molecule has 3 rings (SSSR count). The average molecular weight is 415 g/mol. The second kappa shape index (κ2) is 13.1. The van der Waals surface area contributed by atoms with Crippen molar-refractivity contribution in [2.45, 2.75) is 90.4 Å². The monoisotopic (exact) mass is 414 g/mol. The van der Waals surface area contributed by atoms with Crippen LogP contribution in [0.25, 0.3) is 0 Å². The van der Waals surface area contributed by atoms with E-state index in [4.69, 9.17) is 9.84 Å². The number of hydrogen-bond donors (Lipinski definition) is 2. The molecule has 3 nitrogen and oxygen atoms in total. The fourth-order valence-electron chi connectivity index (χ4n) is 4.71. The molecule has 1 unspecified atom stereocenters. The molecule has 168 valence electrons. The van der Waals surface area contributed by atoms with Crippen molar-refractivity contribution in [1.82, 2.24) is 0 Å². The fourth-order valence-corrected chi connectivity index (χ4v) is 4.71. The van der Waals surface area contributed by atoms with Crippen LogP contribution in [0.2, 0.25) is 0 Å². The first-order chi connectivity index (χ1) is 14.2. The Kier molecular flexibility index (Phi) is 10.8. The molecule has 2 saturated heterocycles. The first-order valence-corrected chi connectivity index (χ1v) is 11.5. The Bertz CT molecular complexity index is 649. The molecule has 2 bridgehead atoms. The zero-order valence-corrected chi connectivity index (χ0v) is 17.9. The molecular weight excluding hydrogens is 372 g/mol. The summed E-state index contributed by atoms with van der Waals surface area (Å²) >= 11 is 0. The second-order valence-corrected chi connectivity index (χ2v) is 8.84. The molecule has 0 aromatic heterocycles. The molecule has 2 fully saturated rings. The normalized spacial score (nSPS) is 26.9. The van der Waals surface area contributed by atoms with Crippen LogP contribution in [0.15, 0.2) is 48.6 Å². The highest BCUT2D eigenvalue weighted by Crippen LogP contribution is 2.42. The highest BCUT2D eigenvalue weighted by atomic mass is 16.5. The van der Waals surface area contributed by atoms with Crippen molar-refractivity contribution >= 4 is 0 Å². The van der Waals surface area contributed by atoms with Gasteiger partial charge in [-0.2, -0.15) is 0 Å². The number of rotatable bonds is 11. The van der Waals surface area contributed by atoms with E-state index in [0.29, 0.717) is 24.0 Å². The largest absolute Gasteiger partial charge is 0.396 e. The molecule has 1 aromatic carbocycles. The summed E-state index contributed by atoms with van der Waals surface area (Å²) < 4.78 is 6.19. The minimum Gasteiger partial charge on any atom is -0.396 e. The Balaban J connectivity index is 0.00000320. The van der Waals surface area contributed by atoms with Crippen LogP contribution in [-0.2, 0) is 11.2 Å². The summed E-state index contributed by atoms with van der Waals surface area (Å²) in [7, 11) is 0. The zero-order valence-electron chi connectivity index (χ0n) is 17.9. The van der Waals surface area contributed by atoms with Gasteiger partial charge in [-0.15, -0.1) is 0 Å². The summed E-state index contributed by atoms with van der Waals surface area (Å²) in [5.41, 5.74) is 2.56. The number of ether oxygens (including phenoxy) is 1. The van der Waals surface area contributed by atoms with Crippen molar-refractivity contribution in [3.05, 3.63) is 59.7 Å². The van der Waals surface area contributed by atoms with Crippen LogP contribution in [0.5, 0.6) is 0 Å². The maximum atomic E-state index is 10.5. The van der Waals surface area contributed by atoms with E-state index in [1.165, 1.54) is 24.0 Å². The van der Waals surface area contributed by atoms with Gasteiger partial charge in [-0.25, -0.2) is 0 Å². The molecule has 5 atom stereocenters. The van der Waals surface area contributed by atoms with Crippen molar-refractivity contribution in [3.63, 3.8) is 0 Å². The number of hydrogen-bond acceptors (Lipinski definition) is 3. The zero-order chi connectivity index (χ0) is 20.5. The number of allylic oxidation sites excluding steroid dienone is 3. The lowest BCUT2D eigenvalue weighted by atomic mass is 9.81. The minimum absolute atomic E-state index is 0. The molecule has 0 saturated carbocycles. The van der Waals surface area contributed by atoms with Crippen molar-refractivity contribution in [3.8, 4) is 0 Å². The molecule has 2 N–H and O–H groups in total. The summed E-state index contributed by atoms with van der Waals surface area (Å²) in [6, 6.07) is 8.59. The lowest BCUT2D eigenvalue weighted by Crippen LogP contribution is -2.34. The molecule has 0 radical (unpaired) electrons. The molecule has 2 heterocycles. The van der Waals surface area contributed by atoms with Crippen LogP contribution >= 0.6 is 0 Å². The molecule has 2 aliphatic heterocycles. The maximum Gasteiger partial charge on any atom is 0.0724 e. The van der Waals surface area contributed by atoms with Crippen molar-refractivity contribution < 1.29 is 14.9 Å². The number of aryl methyl sites for hydroxylation is 2. The van der Waals surface area contributed by atoms with Crippen molar-refractivity contribution in [1.29, 1.82) is 0 Å². The predicted molar refractivity (Wildman–Crippen MR) is 126 cm³/mol. The van der Waals surface area contributed by atoms with Gasteiger partial charge in [0.05, 0.1) is 18.3 Å². The maximum absolute atomic E-state index is 10.5. The summed E-state index contributed by atoms with van der Waals surface area (Å²) in [6.45, 7) is 2.38. The summed E-state index contributed by atoms with van der Waals surface area (Å²) in [6.07, 6.45) is 18.4. The predicted octanol–water partition coefficient (Wildman–Crippen LogP) is 5.77. The number of unbranched alkanes of at least 4 members (excludes halogenated alkanes) is 2. The Morgan fingerprint density at radius 1 is 1.13 bits per heavy atom. The van der Waals surface area contributed by atoms with Gasteiger partial charge in [0.2, 0.25) is 0 Å².